The summed E-state index contributed by atoms with van der Waals surface area (Å²) < 4.78 is 0. The van der Waals surface area contributed by atoms with E-state index in [-0.39, 0.29) is 0 Å². The molecule has 1 heterocycles. The zero-order valence-corrected chi connectivity index (χ0v) is 10.7. The number of nitrogens with one attached hydrogen (secondary N) is 1. The van der Waals surface area contributed by atoms with Gasteiger partial charge in [-0.2, -0.15) is 0 Å². The first-order chi connectivity index (χ1) is 7.46. The van der Waals surface area contributed by atoms with E-state index in [1.165, 1.54) is 19.3 Å². The summed E-state index contributed by atoms with van der Waals surface area (Å²) in [6, 6.07) is 0.561. The molecule has 0 bridgehead atoms. The lowest BCUT2D eigenvalue weighted by molar-refractivity contribution is 0.378. The van der Waals surface area contributed by atoms with Gasteiger partial charge in [0.15, 0.2) is 0 Å². The van der Waals surface area contributed by atoms with Crippen LogP contribution in [0.3, 0.4) is 0 Å². The lowest BCUT2D eigenvalue weighted by Crippen LogP contribution is -2.18. The van der Waals surface area contributed by atoms with E-state index in [0.717, 1.165) is 17.2 Å². The Kier molecular flexibility index (Phi) is 2.87. The van der Waals surface area contributed by atoms with Gasteiger partial charge < -0.3 is 5.32 Å². The monoisotopic (exact) mass is 219 g/mol. The van der Waals surface area contributed by atoms with E-state index in [1.807, 2.05) is 20.0 Å². The normalized spacial score (nSPS) is 23.4. The zero-order chi connectivity index (χ0) is 11.8. The van der Waals surface area contributed by atoms with E-state index in [9.17, 15) is 0 Å². The minimum Gasteiger partial charge on any atom is -0.366 e. The molecule has 3 nitrogen and oxygen atoms in total. The fourth-order valence-electron chi connectivity index (χ4n) is 2.38. The fraction of sp³-hybridized carbons (Fsp3) is 0.692. The van der Waals surface area contributed by atoms with Crippen molar-refractivity contribution in [2.24, 2.45) is 5.41 Å². The molecule has 1 aliphatic carbocycles. The second kappa shape index (κ2) is 4.04. The highest BCUT2D eigenvalue weighted by molar-refractivity contribution is 5.35. The average molecular weight is 219 g/mol. The Bertz CT molecular complexity index is 385. The maximum atomic E-state index is 4.51. The van der Waals surface area contributed by atoms with E-state index in [2.05, 4.69) is 29.1 Å². The molecule has 3 heteroatoms. The number of aromatic nitrogens is 2. The molecule has 1 aromatic heterocycles. The Morgan fingerprint density at radius 1 is 1.31 bits per heavy atom. The molecule has 0 aliphatic heterocycles. The molecule has 0 radical (unpaired) electrons. The molecule has 1 unspecified atom stereocenters. The van der Waals surface area contributed by atoms with Crippen LogP contribution in [-0.2, 0) is 0 Å². The maximum absolute atomic E-state index is 4.51. The molecule has 1 aromatic rings. The lowest BCUT2D eigenvalue weighted by atomic mass is 9.92. The number of anilines is 1. The summed E-state index contributed by atoms with van der Waals surface area (Å²) in [6.07, 6.45) is 5.60. The van der Waals surface area contributed by atoms with Gasteiger partial charge in [0.2, 0.25) is 0 Å². The Hall–Kier alpha value is -1.12. The van der Waals surface area contributed by atoms with Crippen LogP contribution in [0, 0.1) is 19.3 Å². The van der Waals surface area contributed by atoms with Crippen LogP contribution in [0.15, 0.2) is 6.20 Å². The van der Waals surface area contributed by atoms with Crippen LogP contribution in [0.25, 0.3) is 0 Å². The van der Waals surface area contributed by atoms with Gasteiger partial charge in [0, 0.05) is 6.04 Å². The lowest BCUT2D eigenvalue weighted by Gasteiger charge is -2.18. The molecule has 0 spiro atoms. The van der Waals surface area contributed by atoms with Gasteiger partial charge in [-0.15, -0.1) is 0 Å². The summed E-state index contributed by atoms with van der Waals surface area (Å²) in [5.74, 6) is 0.922. The van der Waals surface area contributed by atoms with Crippen molar-refractivity contribution in [1.29, 1.82) is 0 Å². The average Bonchev–Trinajstić information content (AvgIpc) is 2.52. The molecule has 1 saturated carbocycles. The highest BCUT2D eigenvalue weighted by atomic mass is 15.0. The predicted molar refractivity (Wildman–Crippen MR) is 66.5 cm³/mol. The molecule has 0 saturated heterocycles. The number of nitrogens with zero attached hydrogens (tertiary/aromatic N) is 2. The van der Waals surface area contributed by atoms with Crippen molar-refractivity contribution >= 4 is 5.82 Å². The third-order valence-corrected chi connectivity index (χ3v) is 3.51. The van der Waals surface area contributed by atoms with Crippen LogP contribution in [0.5, 0.6) is 0 Å². The zero-order valence-electron chi connectivity index (χ0n) is 10.7. The minimum absolute atomic E-state index is 0.477. The second-order valence-electron chi connectivity index (χ2n) is 5.67. The van der Waals surface area contributed by atoms with Crippen molar-refractivity contribution in [1.82, 2.24) is 9.97 Å². The first-order valence-corrected chi connectivity index (χ1v) is 6.03. The van der Waals surface area contributed by atoms with Gasteiger partial charge in [0.25, 0.3) is 0 Å². The van der Waals surface area contributed by atoms with E-state index in [4.69, 9.17) is 0 Å². The van der Waals surface area contributed by atoms with Crippen LogP contribution in [0.4, 0.5) is 5.82 Å². The van der Waals surface area contributed by atoms with Crippen LogP contribution >= 0.6 is 0 Å². The van der Waals surface area contributed by atoms with Crippen molar-refractivity contribution in [3.8, 4) is 0 Å². The quantitative estimate of drug-likeness (QED) is 0.830. The number of rotatable bonds is 2. The molecule has 0 amide bonds. The largest absolute Gasteiger partial charge is 0.366 e. The molecule has 16 heavy (non-hydrogen) atoms. The third kappa shape index (κ3) is 2.52. The van der Waals surface area contributed by atoms with Gasteiger partial charge in [-0.25, -0.2) is 4.98 Å². The molecule has 1 fully saturated rings. The van der Waals surface area contributed by atoms with E-state index >= 15 is 0 Å². The van der Waals surface area contributed by atoms with Gasteiger partial charge >= 0.3 is 0 Å². The topological polar surface area (TPSA) is 37.8 Å². The molecule has 88 valence electrons. The standard InChI is InChI=1S/C13H21N3/c1-9-10(2)15-12(8-14-9)16-11-5-6-13(3,4)7-11/h8,11H,5-7H2,1-4H3,(H,15,16). The highest BCUT2D eigenvalue weighted by Crippen LogP contribution is 2.37. The summed E-state index contributed by atoms with van der Waals surface area (Å²) in [5, 5.41) is 3.49. The molecule has 1 N–H and O–H groups in total. The molecule has 1 aliphatic rings. The maximum Gasteiger partial charge on any atom is 0.145 e. The van der Waals surface area contributed by atoms with Crippen LogP contribution < -0.4 is 5.32 Å². The third-order valence-electron chi connectivity index (χ3n) is 3.51. The van der Waals surface area contributed by atoms with Crippen LogP contribution in [0.1, 0.15) is 44.5 Å². The van der Waals surface area contributed by atoms with Crippen LogP contribution in [0.2, 0.25) is 0 Å². The molecule has 2 rings (SSSR count). The fourth-order valence-corrected chi connectivity index (χ4v) is 2.38. The Balaban J connectivity index is 2.02. The van der Waals surface area contributed by atoms with Crippen molar-refractivity contribution in [2.75, 3.05) is 5.32 Å². The van der Waals surface area contributed by atoms with Gasteiger partial charge in [0.05, 0.1) is 17.6 Å². The van der Waals surface area contributed by atoms with Gasteiger partial charge in [-0.05, 0) is 38.5 Å². The number of hydrogen-bond acceptors (Lipinski definition) is 3. The number of aryl methyl sites for hydroxylation is 2. The van der Waals surface area contributed by atoms with Crippen LogP contribution in [-0.4, -0.2) is 16.0 Å². The summed E-state index contributed by atoms with van der Waals surface area (Å²) in [7, 11) is 0. The van der Waals surface area contributed by atoms with Gasteiger partial charge in [-0.1, -0.05) is 13.8 Å². The molecule has 0 aromatic carbocycles. The van der Waals surface area contributed by atoms with E-state index in [0.29, 0.717) is 11.5 Å². The van der Waals surface area contributed by atoms with Crippen molar-refractivity contribution in [3.63, 3.8) is 0 Å². The summed E-state index contributed by atoms with van der Waals surface area (Å²) in [4.78, 5) is 8.84. The van der Waals surface area contributed by atoms with Gasteiger partial charge in [0.1, 0.15) is 5.82 Å². The van der Waals surface area contributed by atoms with Crippen molar-refractivity contribution < 1.29 is 0 Å². The second-order valence-corrected chi connectivity index (χ2v) is 5.67. The summed E-state index contributed by atoms with van der Waals surface area (Å²) in [5.41, 5.74) is 2.50. The first-order valence-electron chi connectivity index (χ1n) is 6.03. The Morgan fingerprint density at radius 2 is 2.06 bits per heavy atom. The van der Waals surface area contributed by atoms with Crippen molar-refractivity contribution in [3.05, 3.63) is 17.6 Å². The first kappa shape index (κ1) is 11.4. The van der Waals surface area contributed by atoms with E-state index in [1.54, 1.807) is 0 Å². The molecule has 1 atom stereocenters. The van der Waals surface area contributed by atoms with Crippen molar-refractivity contribution in [2.45, 2.75) is 53.0 Å². The minimum atomic E-state index is 0.477. The summed E-state index contributed by atoms with van der Waals surface area (Å²) in [6.45, 7) is 8.67. The van der Waals surface area contributed by atoms with E-state index < -0.39 is 0 Å². The smallest absolute Gasteiger partial charge is 0.145 e. The highest BCUT2D eigenvalue weighted by Gasteiger charge is 2.30. The Labute approximate surface area is 97.7 Å². The SMILES string of the molecule is Cc1ncc(NC2CCC(C)(C)C2)nc1C. The summed E-state index contributed by atoms with van der Waals surface area (Å²) >= 11 is 0. The van der Waals surface area contributed by atoms with Gasteiger partial charge in [-0.3, -0.25) is 4.98 Å². The molecular formula is C13H21N3. The number of hydrogen-bond donors (Lipinski definition) is 1. The Morgan fingerprint density at radius 3 is 2.62 bits per heavy atom. The predicted octanol–water partition coefficient (Wildman–Crippen LogP) is 3.08. The molecular weight excluding hydrogens is 198 g/mol.